The van der Waals surface area contributed by atoms with Crippen LogP contribution in [-0.4, -0.2) is 15.3 Å². The molecule has 52 valence electrons. The van der Waals surface area contributed by atoms with Crippen molar-refractivity contribution in [2.75, 3.05) is 0 Å². The topological polar surface area (TPSA) is 23.1 Å². The van der Waals surface area contributed by atoms with Crippen molar-refractivity contribution < 1.29 is 26.6 Å². The van der Waals surface area contributed by atoms with Crippen LogP contribution in [0.25, 0.3) is 0 Å². The van der Waals surface area contributed by atoms with Gasteiger partial charge in [-0.15, -0.1) is 0 Å². The molecule has 1 aromatic carbocycles. The summed E-state index contributed by atoms with van der Waals surface area (Å²) in [5.74, 6) is 0. The second-order valence-electron chi connectivity index (χ2n) is 1.40. The van der Waals surface area contributed by atoms with Crippen LogP contribution in [0.2, 0.25) is 0 Å². The molecule has 1 aromatic rings. The van der Waals surface area contributed by atoms with E-state index in [4.69, 9.17) is 0 Å². The Hall–Kier alpha value is 0.440. The van der Waals surface area contributed by atoms with Gasteiger partial charge in [0.1, 0.15) is 0 Å². The molecule has 3 heteroatoms. The fourth-order valence-electron chi connectivity index (χ4n) is 0.476. The number of rotatable bonds is 1. The molecule has 1 rings (SSSR count). The van der Waals surface area contributed by atoms with Gasteiger partial charge in [0.05, 0.1) is 0 Å². The predicted molar refractivity (Wildman–Crippen MR) is 31.8 cm³/mol. The van der Waals surface area contributed by atoms with Gasteiger partial charge in [0.2, 0.25) is 0 Å². The van der Waals surface area contributed by atoms with Crippen molar-refractivity contribution >= 4 is 19.7 Å². The van der Waals surface area contributed by atoms with E-state index < -0.39 is 15.3 Å². The van der Waals surface area contributed by atoms with Crippen molar-refractivity contribution in [2.24, 2.45) is 0 Å². The minimum atomic E-state index is -0.582. The van der Waals surface area contributed by atoms with Crippen LogP contribution in [0.15, 0.2) is 30.3 Å². The zero-order valence-electron chi connectivity index (χ0n) is 4.50. The third kappa shape index (κ3) is 3.21. The molecule has 0 N–H and O–H groups in total. The third-order valence-electron chi connectivity index (χ3n) is 0.839. The molecule has 0 heterocycles. The zero-order valence-corrected chi connectivity index (χ0v) is 7.70. The summed E-state index contributed by atoms with van der Waals surface area (Å²) >= 11 is -0.582. The average Bonchev–Trinajstić information content (AvgIpc) is 1.90. The minimum absolute atomic E-state index is 0. The van der Waals surface area contributed by atoms with Gasteiger partial charge in [-0.3, -0.25) is 0 Å². The number of hydrogen-bond donors (Lipinski definition) is 0. The SMILES string of the molecule is [Ag+].[O-][Se]c1ccccc1. The molecule has 0 radical (unpaired) electrons. The summed E-state index contributed by atoms with van der Waals surface area (Å²) in [5.41, 5.74) is 0. The first-order chi connectivity index (χ1) is 3.93. The van der Waals surface area contributed by atoms with E-state index >= 15 is 0 Å². The summed E-state index contributed by atoms with van der Waals surface area (Å²) in [6.07, 6.45) is 0. The van der Waals surface area contributed by atoms with Crippen molar-refractivity contribution in [2.45, 2.75) is 0 Å². The van der Waals surface area contributed by atoms with Gasteiger partial charge in [-0.1, -0.05) is 0 Å². The van der Waals surface area contributed by atoms with Crippen LogP contribution in [0.5, 0.6) is 0 Å². The molecule has 0 aliphatic heterocycles. The van der Waals surface area contributed by atoms with E-state index in [1.807, 2.05) is 30.3 Å². The maximum atomic E-state index is 10.2. The van der Waals surface area contributed by atoms with Crippen molar-refractivity contribution in [3.05, 3.63) is 30.3 Å². The summed E-state index contributed by atoms with van der Waals surface area (Å²) in [6.45, 7) is 0. The van der Waals surface area contributed by atoms with E-state index in [-0.39, 0.29) is 22.4 Å². The Morgan fingerprint density at radius 3 is 2.00 bits per heavy atom. The van der Waals surface area contributed by atoms with Crippen molar-refractivity contribution in [3.63, 3.8) is 0 Å². The summed E-state index contributed by atoms with van der Waals surface area (Å²) in [4.78, 5) is 0. The van der Waals surface area contributed by atoms with E-state index in [1.54, 1.807) is 0 Å². The standard InChI is InChI=1S/C6H6OSe.Ag/c7-8-6-4-2-1-3-5-6;/h1-5,7H;/q;+1/p-1. The molecule has 0 aliphatic carbocycles. The molecule has 0 atom stereocenters. The van der Waals surface area contributed by atoms with Gasteiger partial charge >= 0.3 is 76.6 Å². The van der Waals surface area contributed by atoms with Crippen LogP contribution in [0.1, 0.15) is 0 Å². The maximum absolute atomic E-state index is 10.2. The van der Waals surface area contributed by atoms with E-state index in [0.717, 1.165) is 4.46 Å². The van der Waals surface area contributed by atoms with Crippen LogP contribution in [0, 0.1) is 0 Å². The molecular formula is C6H5AgOSe. The molecule has 0 unspecified atom stereocenters. The fraction of sp³-hybridized carbons (Fsp3) is 0. The van der Waals surface area contributed by atoms with Crippen LogP contribution in [0.3, 0.4) is 0 Å². The quantitative estimate of drug-likeness (QED) is 0.623. The Morgan fingerprint density at radius 1 is 1.11 bits per heavy atom. The molecule has 0 aromatic heterocycles. The van der Waals surface area contributed by atoms with E-state index in [9.17, 15) is 4.19 Å². The fourth-order valence-corrected chi connectivity index (χ4v) is 1.04. The molecule has 0 bridgehead atoms. The van der Waals surface area contributed by atoms with Crippen molar-refractivity contribution in [3.8, 4) is 0 Å². The van der Waals surface area contributed by atoms with Crippen LogP contribution >= 0.6 is 0 Å². The van der Waals surface area contributed by atoms with Gasteiger partial charge in [0.15, 0.2) is 0 Å². The van der Waals surface area contributed by atoms with Crippen molar-refractivity contribution in [1.82, 2.24) is 0 Å². The summed E-state index contributed by atoms with van der Waals surface area (Å²) < 4.78 is 11.1. The molecule has 0 saturated heterocycles. The number of hydrogen-bond acceptors (Lipinski definition) is 1. The first-order valence-corrected chi connectivity index (χ1v) is 3.84. The Labute approximate surface area is 76.5 Å². The summed E-state index contributed by atoms with van der Waals surface area (Å²) in [6, 6.07) is 9.39. The molecule has 0 fully saturated rings. The second-order valence-corrected chi connectivity index (χ2v) is 2.74. The zero-order chi connectivity index (χ0) is 5.82. The average molecular weight is 280 g/mol. The molecular weight excluding hydrogens is 275 g/mol. The van der Waals surface area contributed by atoms with Gasteiger partial charge in [-0.2, -0.15) is 0 Å². The third-order valence-corrected chi connectivity index (χ3v) is 1.81. The molecule has 1 nitrogen and oxygen atoms in total. The molecule has 0 spiro atoms. The van der Waals surface area contributed by atoms with Gasteiger partial charge in [0.25, 0.3) is 0 Å². The summed E-state index contributed by atoms with van der Waals surface area (Å²) in [5, 5.41) is 0. The monoisotopic (exact) mass is 280 g/mol. The van der Waals surface area contributed by atoms with E-state index in [1.165, 1.54) is 0 Å². The van der Waals surface area contributed by atoms with E-state index in [2.05, 4.69) is 0 Å². The Balaban J connectivity index is 0.000000640. The number of benzene rings is 1. The van der Waals surface area contributed by atoms with Gasteiger partial charge < -0.3 is 0 Å². The van der Waals surface area contributed by atoms with Gasteiger partial charge in [-0.05, 0) is 0 Å². The normalized spacial score (nSPS) is 8.11. The molecule has 0 saturated carbocycles. The Bertz CT molecular complexity index is 154. The molecule has 0 aliphatic rings. The Morgan fingerprint density at radius 2 is 1.67 bits per heavy atom. The molecule has 9 heavy (non-hydrogen) atoms. The first kappa shape index (κ1) is 9.44. The van der Waals surface area contributed by atoms with Crippen LogP contribution in [-0.2, 0) is 22.4 Å². The van der Waals surface area contributed by atoms with Crippen LogP contribution < -0.4 is 8.65 Å². The van der Waals surface area contributed by atoms with Gasteiger partial charge in [-0.25, -0.2) is 0 Å². The predicted octanol–water partition coefficient (Wildman–Crippen LogP) is -0.711. The summed E-state index contributed by atoms with van der Waals surface area (Å²) in [7, 11) is 0. The second kappa shape index (κ2) is 5.24. The first-order valence-electron chi connectivity index (χ1n) is 2.28. The van der Waals surface area contributed by atoms with E-state index in [0.29, 0.717) is 0 Å². The van der Waals surface area contributed by atoms with Crippen molar-refractivity contribution in [1.29, 1.82) is 0 Å². The van der Waals surface area contributed by atoms with Crippen LogP contribution in [0.4, 0.5) is 0 Å². The molecule has 0 amide bonds. The Kier molecular flexibility index (Phi) is 5.50. The van der Waals surface area contributed by atoms with Gasteiger partial charge in [0, 0.05) is 0 Å².